The molecular formula is C25H21N3O4S. The minimum absolute atomic E-state index is 0.0705. The molecule has 7 nitrogen and oxygen atoms in total. The first-order valence-corrected chi connectivity index (χ1v) is 11.5. The van der Waals surface area contributed by atoms with Gasteiger partial charge in [-0.2, -0.15) is 5.10 Å². The van der Waals surface area contributed by atoms with Crippen molar-refractivity contribution in [1.29, 1.82) is 0 Å². The van der Waals surface area contributed by atoms with Gasteiger partial charge in [0.05, 0.1) is 12.0 Å². The fourth-order valence-electron chi connectivity index (χ4n) is 3.70. The second-order valence-electron chi connectivity index (χ2n) is 7.60. The highest BCUT2D eigenvalue weighted by molar-refractivity contribution is 8.00. The predicted molar refractivity (Wildman–Crippen MR) is 126 cm³/mol. The molecule has 1 atom stereocenters. The van der Waals surface area contributed by atoms with Gasteiger partial charge in [-0.3, -0.25) is 9.59 Å². The summed E-state index contributed by atoms with van der Waals surface area (Å²) in [5, 5.41) is 3.96. The van der Waals surface area contributed by atoms with Crippen LogP contribution in [0, 0.1) is 0 Å². The van der Waals surface area contributed by atoms with Crippen LogP contribution in [-0.2, 0) is 11.3 Å². The molecule has 3 aromatic rings. The molecule has 2 heterocycles. The van der Waals surface area contributed by atoms with Crippen molar-refractivity contribution in [2.24, 2.45) is 5.10 Å². The SMILES string of the molecule is O=C(N/N=C\c1ccc2c(c1)OCO2)c1ccc([C@@H]2SCC(=O)N2Cc2ccccc2)cc1. The van der Waals surface area contributed by atoms with Gasteiger partial charge in [-0.25, -0.2) is 5.43 Å². The van der Waals surface area contributed by atoms with Crippen LogP contribution < -0.4 is 14.9 Å². The number of rotatable bonds is 6. The molecule has 1 fully saturated rings. The van der Waals surface area contributed by atoms with Gasteiger partial charge in [0, 0.05) is 12.1 Å². The zero-order valence-electron chi connectivity index (χ0n) is 17.6. The van der Waals surface area contributed by atoms with Crippen molar-refractivity contribution in [1.82, 2.24) is 10.3 Å². The molecule has 0 aliphatic carbocycles. The van der Waals surface area contributed by atoms with E-state index in [1.165, 1.54) is 0 Å². The largest absolute Gasteiger partial charge is 0.454 e. The first kappa shape index (κ1) is 21.1. The van der Waals surface area contributed by atoms with Crippen LogP contribution in [-0.4, -0.2) is 35.5 Å². The average molecular weight is 460 g/mol. The molecule has 8 heteroatoms. The van der Waals surface area contributed by atoms with E-state index in [-0.39, 0.29) is 24.0 Å². The maximum absolute atomic E-state index is 12.5. The van der Waals surface area contributed by atoms with Crippen molar-refractivity contribution in [3.8, 4) is 11.5 Å². The first-order chi connectivity index (χ1) is 16.2. The van der Waals surface area contributed by atoms with E-state index in [1.54, 1.807) is 42.2 Å². The molecule has 33 heavy (non-hydrogen) atoms. The third-order valence-corrected chi connectivity index (χ3v) is 6.65. The molecule has 3 aromatic carbocycles. The fraction of sp³-hybridized carbons (Fsp3) is 0.160. The maximum atomic E-state index is 12.5. The van der Waals surface area contributed by atoms with Gasteiger partial charge in [0.2, 0.25) is 12.7 Å². The number of ether oxygens (including phenoxy) is 2. The quantitative estimate of drug-likeness (QED) is 0.446. The molecule has 166 valence electrons. The third-order valence-electron chi connectivity index (χ3n) is 5.40. The van der Waals surface area contributed by atoms with Crippen molar-refractivity contribution >= 4 is 29.8 Å². The van der Waals surface area contributed by atoms with E-state index in [0.29, 0.717) is 29.4 Å². The highest BCUT2D eigenvalue weighted by Crippen LogP contribution is 2.39. The van der Waals surface area contributed by atoms with Gasteiger partial charge >= 0.3 is 0 Å². The number of amides is 2. The number of hydrogen-bond acceptors (Lipinski definition) is 6. The summed E-state index contributed by atoms with van der Waals surface area (Å²) >= 11 is 1.60. The average Bonchev–Trinajstić information content (AvgIpc) is 3.46. The normalized spacial score (nSPS) is 17.0. The Morgan fingerprint density at radius 1 is 1.06 bits per heavy atom. The Bertz CT molecular complexity index is 1200. The lowest BCUT2D eigenvalue weighted by Gasteiger charge is -2.24. The van der Waals surface area contributed by atoms with Crippen molar-refractivity contribution in [3.63, 3.8) is 0 Å². The number of hydrogen-bond donors (Lipinski definition) is 1. The Hall–Kier alpha value is -3.78. The molecule has 1 N–H and O–H groups in total. The number of carbonyl (C=O) groups is 2. The van der Waals surface area contributed by atoms with Crippen LogP contribution in [0.1, 0.15) is 32.4 Å². The minimum atomic E-state index is -0.310. The Balaban J connectivity index is 1.22. The number of thioether (sulfide) groups is 1. The molecule has 0 unspecified atom stereocenters. The Kier molecular flexibility index (Phi) is 5.99. The van der Waals surface area contributed by atoms with E-state index in [0.717, 1.165) is 16.7 Å². The highest BCUT2D eigenvalue weighted by atomic mass is 32.2. The van der Waals surface area contributed by atoms with Crippen LogP contribution in [0.5, 0.6) is 11.5 Å². The number of carbonyl (C=O) groups excluding carboxylic acids is 2. The number of hydrazone groups is 1. The van der Waals surface area contributed by atoms with Crippen molar-refractivity contribution < 1.29 is 19.1 Å². The summed E-state index contributed by atoms with van der Waals surface area (Å²) in [6.45, 7) is 0.772. The highest BCUT2D eigenvalue weighted by Gasteiger charge is 2.32. The van der Waals surface area contributed by atoms with Crippen molar-refractivity contribution in [3.05, 3.63) is 95.1 Å². The summed E-state index contributed by atoms with van der Waals surface area (Å²) in [5.74, 6) is 1.61. The number of benzene rings is 3. The summed E-state index contributed by atoms with van der Waals surface area (Å²) in [5.41, 5.74) is 5.90. The first-order valence-electron chi connectivity index (χ1n) is 10.5. The number of nitrogens with zero attached hydrogens (tertiary/aromatic N) is 2. The lowest BCUT2D eigenvalue weighted by Crippen LogP contribution is -2.27. The van der Waals surface area contributed by atoms with E-state index in [1.807, 2.05) is 53.4 Å². The molecule has 0 saturated carbocycles. The van der Waals surface area contributed by atoms with E-state index in [9.17, 15) is 9.59 Å². The van der Waals surface area contributed by atoms with Crippen molar-refractivity contribution in [2.45, 2.75) is 11.9 Å². The summed E-state index contributed by atoms with van der Waals surface area (Å²) in [7, 11) is 0. The third kappa shape index (κ3) is 4.70. The van der Waals surface area contributed by atoms with Gasteiger partial charge in [0.25, 0.3) is 5.91 Å². The van der Waals surface area contributed by atoms with Crippen LogP contribution in [0.15, 0.2) is 77.9 Å². The molecule has 0 aromatic heterocycles. The van der Waals surface area contributed by atoms with Gasteiger partial charge < -0.3 is 14.4 Å². The Morgan fingerprint density at radius 2 is 1.85 bits per heavy atom. The lowest BCUT2D eigenvalue weighted by molar-refractivity contribution is -0.128. The van der Waals surface area contributed by atoms with Crippen LogP contribution in [0.3, 0.4) is 0 Å². The van der Waals surface area contributed by atoms with E-state index in [4.69, 9.17) is 9.47 Å². The standard InChI is InChI=1S/C25H21N3O4S/c29-23-15-33-25(28(23)14-17-4-2-1-3-5-17)20-9-7-19(8-10-20)24(30)27-26-13-18-6-11-21-22(12-18)32-16-31-21/h1-13,25H,14-16H2,(H,27,30)/b26-13-/t25-/m0/s1. The maximum Gasteiger partial charge on any atom is 0.271 e. The fourth-order valence-corrected chi connectivity index (χ4v) is 4.89. The number of fused-ring (bicyclic) bond motifs is 1. The molecule has 0 radical (unpaired) electrons. The zero-order valence-corrected chi connectivity index (χ0v) is 18.5. The van der Waals surface area contributed by atoms with Crippen molar-refractivity contribution in [2.75, 3.05) is 12.5 Å². The second kappa shape index (κ2) is 9.38. The predicted octanol–water partition coefficient (Wildman–Crippen LogP) is 3.95. The van der Waals surface area contributed by atoms with E-state index in [2.05, 4.69) is 10.5 Å². The minimum Gasteiger partial charge on any atom is -0.454 e. The van der Waals surface area contributed by atoms with Crippen LogP contribution >= 0.6 is 11.8 Å². The molecule has 2 amide bonds. The van der Waals surface area contributed by atoms with Crippen LogP contribution in [0.2, 0.25) is 0 Å². The monoisotopic (exact) mass is 459 g/mol. The second-order valence-corrected chi connectivity index (χ2v) is 8.67. The topological polar surface area (TPSA) is 80.2 Å². The summed E-state index contributed by atoms with van der Waals surface area (Å²) in [6, 6.07) is 22.7. The Labute approximate surface area is 195 Å². The van der Waals surface area contributed by atoms with E-state index < -0.39 is 0 Å². The molecular weight excluding hydrogens is 438 g/mol. The number of nitrogens with one attached hydrogen (secondary N) is 1. The van der Waals surface area contributed by atoms with E-state index >= 15 is 0 Å². The molecule has 5 rings (SSSR count). The summed E-state index contributed by atoms with van der Waals surface area (Å²) in [4.78, 5) is 26.8. The van der Waals surface area contributed by atoms with Gasteiger partial charge in [-0.15, -0.1) is 11.8 Å². The zero-order chi connectivity index (χ0) is 22.6. The van der Waals surface area contributed by atoms with Gasteiger partial charge in [-0.05, 0) is 47.0 Å². The molecule has 2 aliphatic rings. The lowest BCUT2D eigenvalue weighted by atomic mass is 10.1. The van der Waals surface area contributed by atoms with Gasteiger partial charge in [0.15, 0.2) is 11.5 Å². The van der Waals surface area contributed by atoms with Crippen LogP contribution in [0.4, 0.5) is 0 Å². The van der Waals surface area contributed by atoms with Gasteiger partial charge in [-0.1, -0.05) is 42.5 Å². The molecule has 2 aliphatic heterocycles. The molecule has 1 saturated heterocycles. The van der Waals surface area contributed by atoms with Crippen LogP contribution in [0.25, 0.3) is 0 Å². The smallest absolute Gasteiger partial charge is 0.271 e. The molecule has 0 spiro atoms. The summed E-state index contributed by atoms with van der Waals surface area (Å²) < 4.78 is 10.6. The molecule has 0 bridgehead atoms. The Morgan fingerprint density at radius 3 is 2.67 bits per heavy atom. The summed E-state index contributed by atoms with van der Waals surface area (Å²) in [6.07, 6.45) is 1.55. The van der Waals surface area contributed by atoms with Gasteiger partial charge in [0.1, 0.15) is 5.37 Å².